The third-order valence-electron chi connectivity index (χ3n) is 2.82. The predicted octanol–water partition coefficient (Wildman–Crippen LogP) is 7.20. The molecule has 0 heteroatoms. The van der Waals surface area contributed by atoms with Crippen molar-refractivity contribution in [1.82, 2.24) is 0 Å². The molecule has 0 amide bonds. The van der Waals surface area contributed by atoms with Crippen molar-refractivity contribution in [3.05, 3.63) is 83.9 Å². The van der Waals surface area contributed by atoms with E-state index in [9.17, 15) is 0 Å². The van der Waals surface area contributed by atoms with Crippen LogP contribution in [0, 0.1) is 13.8 Å². The van der Waals surface area contributed by atoms with Crippen molar-refractivity contribution in [2.45, 2.75) is 41.5 Å². The molecule has 22 heavy (non-hydrogen) atoms. The molecular formula is C22H30. The van der Waals surface area contributed by atoms with Gasteiger partial charge in [0.25, 0.3) is 0 Å². The quantitative estimate of drug-likeness (QED) is 0.411. The molecule has 0 bridgehead atoms. The van der Waals surface area contributed by atoms with E-state index in [0.29, 0.717) is 0 Å². The molecule has 0 unspecified atom stereocenters. The van der Waals surface area contributed by atoms with Crippen molar-refractivity contribution in [3.63, 3.8) is 0 Å². The summed E-state index contributed by atoms with van der Waals surface area (Å²) >= 11 is 0. The van der Waals surface area contributed by atoms with Gasteiger partial charge in [-0.1, -0.05) is 112 Å². The van der Waals surface area contributed by atoms with Crippen molar-refractivity contribution in [1.29, 1.82) is 0 Å². The molecule has 0 atom stereocenters. The first-order valence-corrected chi connectivity index (χ1v) is 8.23. The molecule has 0 aliphatic rings. The van der Waals surface area contributed by atoms with Gasteiger partial charge in [-0.25, -0.2) is 0 Å². The summed E-state index contributed by atoms with van der Waals surface area (Å²) in [6, 6.07) is 25.1. The molecule has 0 aromatic heterocycles. The van der Waals surface area contributed by atoms with Crippen LogP contribution in [0.25, 0.3) is 10.8 Å². The fourth-order valence-electron chi connectivity index (χ4n) is 1.87. The second-order valence-corrected chi connectivity index (χ2v) is 4.51. The van der Waals surface area contributed by atoms with Gasteiger partial charge >= 0.3 is 0 Å². The van der Waals surface area contributed by atoms with Crippen LogP contribution < -0.4 is 0 Å². The molecule has 0 nitrogen and oxygen atoms in total. The number of fused-ring (bicyclic) bond motifs is 1. The normalized spacial score (nSPS) is 8.45. The van der Waals surface area contributed by atoms with Crippen LogP contribution in [0.3, 0.4) is 0 Å². The van der Waals surface area contributed by atoms with E-state index < -0.39 is 0 Å². The molecule has 0 aliphatic carbocycles. The van der Waals surface area contributed by atoms with E-state index >= 15 is 0 Å². The Balaban J connectivity index is 0.000000373. The highest BCUT2D eigenvalue weighted by Crippen LogP contribution is 2.16. The minimum absolute atomic E-state index is 1.33. The summed E-state index contributed by atoms with van der Waals surface area (Å²) in [7, 11) is 0. The third-order valence-corrected chi connectivity index (χ3v) is 2.82. The Morgan fingerprint density at radius 1 is 0.455 bits per heavy atom. The van der Waals surface area contributed by atoms with E-state index in [1.54, 1.807) is 0 Å². The van der Waals surface area contributed by atoms with Crippen molar-refractivity contribution in [2.24, 2.45) is 0 Å². The topological polar surface area (TPSA) is 0 Å². The Morgan fingerprint density at radius 3 is 1.00 bits per heavy atom. The molecule has 118 valence electrons. The summed E-state index contributed by atoms with van der Waals surface area (Å²) in [5.74, 6) is 0. The third kappa shape index (κ3) is 7.64. The average Bonchev–Trinajstić information content (AvgIpc) is 2.61. The zero-order valence-corrected chi connectivity index (χ0v) is 14.9. The lowest BCUT2D eigenvalue weighted by Crippen LogP contribution is -1.76. The average molecular weight is 294 g/mol. The lowest BCUT2D eigenvalue weighted by atomic mass is 10.1. The van der Waals surface area contributed by atoms with Crippen LogP contribution in [0.15, 0.2) is 72.8 Å². The first kappa shape index (κ1) is 19.9. The maximum absolute atomic E-state index is 2.22. The minimum atomic E-state index is 1.33. The first-order chi connectivity index (χ1) is 10.8. The van der Waals surface area contributed by atoms with Gasteiger partial charge in [-0.15, -0.1) is 0 Å². The van der Waals surface area contributed by atoms with Crippen molar-refractivity contribution >= 4 is 10.8 Å². The zero-order chi connectivity index (χ0) is 16.8. The first-order valence-electron chi connectivity index (χ1n) is 8.23. The Kier molecular flexibility index (Phi) is 11.4. The van der Waals surface area contributed by atoms with Gasteiger partial charge in [0, 0.05) is 0 Å². The van der Waals surface area contributed by atoms with Crippen LogP contribution >= 0.6 is 0 Å². The Bertz CT molecular complexity index is 541. The van der Waals surface area contributed by atoms with Gasteiger partial charge in [0.15, 0.2) is 0 Å². The monoisotopic (exact) mass is 294 g/mol. The number of aryl methyl sites for hydroxylation is 2. The standard InChI is InChI=1S/C12H12.C6H6.2C2H6/c1-9-3-5-12-8-10(2)4-6-11(12)7-9;1-2-4-6-5-3-1;2*1-2/h3-8H,1-2H3;1-6H;2*1-2H3. The summed E-state index contributed by atoms with van der Waals surface area (Å²) in [6.07, 6.45) is 0. The Hall–Kier alpha value is -2.08. The van der Waals surface area contributed by atoms with E-state index in [0.717, 1.165) is 0 Å². The number of hydrogen-bond acceptors (Lipinski definition) is 0. The maximum atomic E-state index is 2.22. The van der Waals surface area contributed by atoms with Crippen LogP contribution in [-0.2, 0) is 0 Å². The van der Waals surface area contributed by atoms with Crippen LogP contribution in [0.5, 0.6) is 0 Å². The van der Waals surface area contributed by atoms with Crippen LogP contribution in [0.2, 0.25) is 0 Å². The highest BCUT2D eigenvalue weighted by Gasteiger charge is 1.92. The van der Waals surface area contributed by atoms with Crippen molar-refractivity contribution in [3.8, 4) is 0 Å². The Morgan fingerprint density at radius 2 is 0.727 bits per heavy atom. The molecule has 0 N–H and O–H groups in total. The molecule has 0 aliphatic heterocycles. The van der Waals surface area contributed by atoms with E-state index in [2.05, 4.69) is 50.2 Å². The lowest BCUT2D eigenvalue weighted by molar-refractivity contribution is 1.47. The van der Waals surface area contributed by atoms with Gasteiger partial charge in [-0.05, 0) is 24.6 Å². The molecular weight excluding hydrogens is 264 g/mol. The summed E-state index contributed by atoms with van der Waals surface area (Å²) in [4.78, 5) is 0. The van der Waals surface area contributed by atoms with Gasteiger partial charge in [-0.3, -0.25) is 0 Å². The van der Waals surface area contributed by atoms with Gasteiger partial charge in [-0.2, -0.15) is 0 Å². The Labute approximate surface area is 136 Å². The fourth-order valence-corrected chi connectivity index (χ4v) is 1.87. The van der Waals surface area contributed by atoms with E-state index in [4.69, 9.17) is 0 Å². The van der Waals surface area contributed by atoms with Crippen molar-refractivity contribution < 1.29 is 0 Å². The number of benzene rings is 3. The molecule has 3 rings (SSSR count). The molecule has 0 heterocycles. The molecule has 3 aromatic carbocycles. The van der Waals surface area contributed by atoms with Crippen LogP contribution in [-0.4, -0.2) is 0 Å². The maximum Gasteiger partial charge on any atom is -0.0181 e. The van der Waals surface area contributed by atoms with Gasteiger partial charge in [0.1, 0.15) is 0 Å². The predicted molar refractivity (Wildman–Crippen MR) is 103 cm³/mol. The second-order valence-electron chi connectivity index (χ2n) is 4.51. The van der Waals surface area contributed by atoms with E-state index in [1.165, 1.54) is 21.9 Å². The summed E-state index contributed by atoms with van der Waals surface area (Å²) in [6.45, 7) is 12.2. The lowest BCUT2D eigenvalue weighted by Gasteiger charge is -1.99. The SMILES string of the molecule is CC.CC.Cc1ccc2cc(C)ccc2c1.c1ccccc1. The molecule has 0 fully saturated rings. The van der Waals surface area contributed by atoms with E-state index in [-0.39, 0.29) is 0 Å². The minimum Gasteiger partial charge on any atom is -0.0683 e. The molecule has 0 saturated carbocycles. The molecule has 0 spiro atoms. The van der Waals surface area contributed by atoms with Gasteiger partial charge < -0.3 is 0 Å². The second kappa shape index (κ2) is 12.6. The van der Waals surface area contributed by atoms with Crippen LogP contribution in [0.4, 0.5) is 0 Å². The van der Waals surface area contributed by atoms with Gasteiger partial charge in [0.05, 0.1) is 0 Å². The van der Waals surface area contributed by atoms with Crippen molar-refractivity contribution in [2.75, 3.05) is 0 Å². The largest absolute Gasteiger partial charge is 0.0683 e. The molecule has 3 aromatic rings. The van der Waals surface area contributed by atoms with E-state index in [1.807, 2.05) is 64.1 Å². The molecule has 0 saturated heterocycles. The zero-order valence-electron chi connectivity index (χ0n) is 14.9. The van der Waals surface area contributed by atoms with Crippen LogP contribution in [0.1, 0.15) is 38.8 Å². The highest BCUT2D eigenvalue weighted by atomic mass is 14.0. The number of rotatable bonds is 0. The van der Waals surface area contributed by atoms with Gasteiger partial charge in [0.2, 0.25) is 0 Å². The molecule has 0 radical (unpaired) electrons. The summed E-state index contributed by atoms with van der Waals surface area (Å²) in [5, 5.41) is 2.67. The summed E-state index contributed by atoms with van der Waals surface area (Å²) < 4.78 is 0. The summed E-state index contributed by atoms with van der Waals surface area (Å²) in [5.41, 5.74) is 2.65. The highest BCUT2D eigenvalue weighted by molar-refractivity contribution is 5.83. The fraction of sp³-hybridized carbons (Fsp3) is 0.273. The smallest absolute Gasteiger partial charge is 0.0181 e. The number of hydrogen-bond donors (Lipinski definition) is 0.